The van der Waals surface area contributed by atoms with Crippen LogP contribution in [0.2, 0.25) is 0 Å². The van der Waals surface area contributed by atoms with Gasteiger partial charge in [0.1, 0.15) is 0 Å². The first kappa shape index (κ1) is 15.0. The van der Waals surface area contributed by atoms with Gasteiger partial charge in [-0.2, -0.15) is 0 Å². The van der Waals surface area contributed by atoms with E-state index in [9.17, 15) is 4.79 Å². The molecule has 0 fully saturated rings. The summed E-state index contributed by atoms with van der Waals surface area (Å²) in [6.07, 6.45) is 3.79. The number of hydrogen-bond donors (Lipinski definition) is 0. The second kappa shape index (κ2) is 6.47. The van der Waals surface area contributed by atoms with Gasteiger partial charge < -0.3 is 0 Å². The Morgan fingerprint density at radius 1 is 1.05 bits per heavy atom. The molecule has 0 unspecified atom stereocenters. The molecule has 0 saturated heterocycles. The van der Waals surface area contributed by atoms with Crippen molar-refractivity contribution in [1.29, 1.82) is 0 Å². The van der Waals surface area contributed by atoms with Crippen molar-refractivity contribution in [3.05, 3.63) is 41.8 Å². The van der Waals surface area contributed by atoms with Crippen molar-refractivity contribution >= 4 is 58.9 Å². The van der Waals surface area contributed by atoms with Gasteiger partial charge in [-0.25, -0.2) is 14.8 Å². The van der Waals surface area contributed by atoms with Gasteiger partial charge in [-0.05, 0) is 28.4 Å². The molecule has 0 atom stereocenters. The van der Waals surface area contributed by atoms with Gasteiger partial charge in [-0.1, -0.05) is 47.0 Å². The lowest BCUT2D eigenvalue weighted by Gasteiger charge is -2.25. The fourth-order valence-electron chi connectivity index (χ4n) is 1.58. The maximum Gasteiger partial charge on any atom is 0.360 e. The first-order chi connectivity index (χ1) is 10.1. The second-order valence-electron chi connectivity index (χ2n) is 4.04. The number of carbonyl (C=O) groups is 1. The highest BCUT2D eigenvalue weighted by atomic mass is 32.2. The Kier molecular flexibility index (Phi) is 4.63. The van der Waals surface area contributed by atoms with Crippen LogP contribution in [-0.2, 0) is 0 Å². The van der Waals surface area contributed by atoms with Gasteiger partial charge in [0.2, 0.25) is 0 Å². The second-order valence-corrected chi connectivity index (χ2v) is 8.36. The predicted octanol–water partition coefficient (Wildman–Crippen LogP) is 3.77. The molecule has 9 heteroatoms. The average Bonchev–Trinajstić information content (AvgIpc) is 3.12. The van der Waals surface area contributed by atoms with E-state index in [-0.39, 0.29) is 6.03 Å². The molecule has 3 aliphatic rings. The molecule has 0 aliphatic carbocycles. The van der Waals surface area contributed by atoms with Crippen LogP contribution in [0.25, 0.3) is 0 Å². The third-order valence-corrected chi connectivity index (χ3v) is 7.52. The molecule has 21 heavy (non-hydrogen) atoms. The van der Waals surface area contributed by atoms with Gasteiger partial charge in [0.15, 0.2) is 5.84 Å². The third-order valence-electron chi connectivity index (χ3n) is 2.52. The monoisotopic (exact) mass is 355 g/mol. The van der Waals surface area contributed by atoms with Crippen LogP contribution in [0.1, 0.15) is 0 Å². The Morgan fingerprint density at radius 3 is 2.52 bits per heavy atom. The predicted molar refractivity (Wildman–Crippen MR) is 94.2 cm³/mol. The number of thioether (sulfide) groups is 4. The van der Waals surface area contributed by atoms with E-state index in [1.54, 1.807) is 61.1 Å². The summed E-state index contributed by atoms with van der Waals surface area (Å²) in [4.78, 5) is 12.7. The fraction of sp³-hybridized carbons (Fsp3) is 0.167. The molecule has 0 aromatic rings. The van der Waals surface area contributed by atoms with E-state index in [1.165, 1.54) is 18.5 Å². The van der Waals surface area contributed by atoms with E-state index in [1.807, 2.05) is 12.2 Å². The van der Waals surface area contributed by atoms with Crippen LogP contribution < -0.4 is 5.43 Å². The molecule has 2 amide bonds. The van der Waals surface area contributed by atoms with Gasteiger partial charge in [-0.15, -0.1) is 10.5 Å². The number of hydrazone groups is 1. The number of rotatable bonds is 2. The summed E-state index contributed by atoms with van der Waals surface area (Å²) in [7, 11) is 3.23. The number of nitrogens with zero attached hydrogens (tertiary/aromatic N) is 4. The van der Waals surface area contributed by atoms with E-state index < -0.39 is 0 Å². The van der Waals surface area contributed by atoms with Crippen LogP contribution in [0.15, 0.2) is 46.9 Å². The Labute approximate surface area is 140 Å². The van der Waals surface area contributed by atoms with Crippen molar-refractivity contribution in [2.24, 2.45) is 5.10 Å². The lowest BCUT2D eigenvalue weighted by atomic mass is 10.4. The zero-order valence-corrected chi connectivity index (χ0v) is 14.5. The smallest absolute Gasteiger partial charge is 0.244 e. The number of hydrogen-bond acceptors (Lipinski definition) is 6. The standard InChI is InChI=1S/C12H11N4OS4/c1-15-12(17)16(2)14-9(13-15)4-3-8-7-20-11(21-8)10-18-5-6-19-10/h3-7H,1-2H3/b4-3+. The Bertz CT molecular complexity index is 613. The molecule has 3 heterocycles. The highest BCUT2D eigenvalue weighted by Crippen LogP contribution is 2.53. The normalized spacial score (nSPS) is 22.3. The molecule has 0 saturated carbocycles. The lowest BCUT2D eigenvalue weighted by Crippen LogP contribution is -2.47. The number of carbonyl (C=O) groups excluding carboxylic acids is 1. The van der Waals surface area contributed by atoms with Crippen LogP contribution in [0.5, 0.6) is 0 Å². The average molecular weight is 356 g/mol. The summed E-state index contributed by atoms with van der Waals surface area (Å²) in [6, 6.07) is -0.244. The van der Waals surface area contributed by atoms with Crippen molar-refractivity contribution in [3.8, 4) is 0 Å². The van der Waals surface area contributed by atoms with Crippen LogP contribution in [0, 0.1) is 0 Å². The third kappa shape index (κ3) is 3.47. The van der Waals surface area contributed by atoms with E-state index >= 15 is 0 Å². The topological polar surface area (TPSA) is 50.0 Å². The van der Waals surface area contributed by atoms with Crippen molar-refractivity contribution in [2.45, 2.75) is 0 Å². The maximum absolute atomic E-state index is 11.5. The largest absolute Gasteiger partial charge is 0.360 e. The maximum atomic E-state index is 11.5. The number of amides is 2. The van der Waals surface area contributed by atoms with Gasteiger partial charge in [0.05, 0.1) is 8.47 Å². The van der Waals surface area contributed by atoms with E-state index in [4.69, 9.17) is 0 Å². The van der Waals surface area contributed by atoms with Gasteiger partial charge in [0.25, 0.3) is 0 Å². The van der Waals surface area contributed by atoms with Gasteiger partial charge >= 0.3 is 6.03 Å². The van der Waals surface area contributed by atoms with Crippen molar-refractivity contribution in [1.82, 2.24) is 15.4 Å². The highest BCUT2D eigenvalue weighted by molar-refractivity contribution is 8.33. The zero-order chi connectivity index (χ0) is 14.8. The van der Waals surface area contributed by atoms with Crippen LogP contribution in [-0.4, -0.2) is 36.0 Å². The first-order valence-electron chi connectivity index (χ1n) is 5.90. The first-order valence-corrected chi connectivity index (χ1v) is 9.36. The van der Waals surface area contributed by atoms with E-state index in [0.717, 1.165) is 4.91 Å². The molecular formula is C12H11N4OS4. The number of allylic oxidation sites excluding steroid dienone is 1. The Morgan fingerprint density at radius 2 is 1.81 bits per heavy atom. The molecule has 3 rings (SSSR count). The molecule has 0 bridgehead atoms. The van der Waals surface area contributed by atoms with Gasteiger partial charge in [0, 0.05) is 19.0 Å². The summed E-state index contributed by atoms with van der Waals surface area (Å²) in [5.41, 5.74) is 4.10. The SMILES string of the molecule is CN1[N]C(/C=C/C2=CSC(=C3SC=CS3)S2)=NN(C)C1=O. The molecular weight excluding hydrogens is 344 g/mol. The van der Waals surface area contributed by atoms with Gasteiger partial charge in [-0.3, -0.25) is 0 Å². The molecule has 1 radical (unpaired) electrons. The van der Waals surface area contributed by atoms with Crippen LogP contribution in [0.3, 0.4) is 0 Å². The van der Waals surface area contributed by atoms with Crippen molar-refractivity contribution in [2.75, 3.05) is 14.1 Å². The zero-order valence-electron chi connectivity index (χ0n) is 11.2. The van der Waals surface area contributed by atoms with E-state index in [2.05, 4.69) is 26.8 Å². The van der Waals surface area contributed by atoms with Crippen molar-refractivity contribution in [3.63, 3.8) is 0 Å². The molecule has 3 aliphatic heterocycles. The minimum Gasteiger partial charge on any atom is -0.244 e. The number of amidine groups is 1. The summed E-state index contributed by atoms with van der Waals surface area (Å²) in [5, 5.41) is 13.0. The molecule has 0 N–H and O–H groups in total. The lowest BCUT2D eigenvalue weighted by molar-refractivity contribution is 0.155. The van der Waals surface area contributed by atoms with Crippen LogP contribution in [0.4, 0.5) is 4.79 Å². The quantitative estimate of drug-likeness (QED) is 0.755. The Balaban J connectivity index is 1.64. The van der Waals surface area contributed by atoms with Crippen LogP contribution >= 0.6 is 47.0 Å². The van der Waals surface area contributed by atoms with E-state index in [0.29, 0.717) is 5.84 Å². The molecule has 0 spiro atoms. The summed E-state index contributed by atoms with van der Waals surface area (Å²) >= 11 is 7.00. The summed E-state index contributed by atoms with van der Waals surface area (Å²) in [5.74, 6) is 0.512. The Hall–Kier alpha value is -0.900. The molecule has 109 valence electrons. The molecule has 0 aromatic heterocycles. The molecule has 5 nitrogen and oxygen atoms in total. The summed E-state index contributed by atoms with van der Waals surface area (Å²) in [6.45, 7) is 0. The highest BCUT2D eigenvalue weighted by Gasteiger charge is 2.22. The minimum atomic E-state index is -0.244. The molecule has 0 aromatic carbocycles. The van der Waals surface area contributed by atoms with Crippen molar-refractivity contribution < 1.29 is 4.79 Å². The minimum absolute atomic E-state index is 0.244. The number of urea groups is 1. The fourth-order valence-corrected chi connectivity index (χ4v) is 5.93. The summed E-state index contributed by atoms with van der Waals surface area (Å²) < 4.78 is 2.64.